The highest BCUT2D eigenvalue weighted by molar-refractivity contribution is 6.31. The quantitative estimate of drug-likeness (QED) is 0.681. The van der Waals surface area contributed by atoms with Gasteiger partial charge in [-0.3, -0.25) is 9.20 Å². The van der Waals surface area contributed by atoms with Crippen LogP contribution in [0.2, 0.25) is 5.15 Å². The molecule has 0 bridgehead atoms. The molecule has 0 aliphatic rings. The standard InChI is InChI=1S/C13H12ClN3O3/c1-15-11(18)8-20-12(19)6-5-9-13(14)16-10-4-2-3-7-17(9)10/h2-7H,8H2,1H3,(H,15,18)/b6-5+. The van der Waals surface area contributed by atoms with Gasteiger partial charge >= 0.3 is 5.97 Å². The highest BCUT2D eigenvalue weighted by atomic mass is 35.5. The second kappa shape index (κ2) is 6.21. The van der Waals surface area contributed by atoms with Gasteiger partial charge in [0.05, 0.1) is 5.69 Å². The number of carbonyl (C=O) groups excluding carboxylic acids is 2. The number of ether oxygens (including phenoxy) is 1. The number of carbonyl (C=O) groups is 2. The topological polar surface area (TPSA) is 72.7 Å². The normalized spacial score (nSPS) is 10.9. The van der Waals surface area contributed by atoms with Gasteiger partial charge in [0.1, 0.15) is 5.65 Å². The van der Waals surface area contributed by atoms with Gasteiger partial charge in [0.15, 0.2) is 11.8 Å². The molecule has 1 amide bonds. The molecule has 2 rings (SSSR count). The van der Waals surface area contributed by atoms with Crippen LogP contribution in [0.15, 0.2) is 30.5 Å². The molecule has 6 nitrogen and oxygen atoms in total. The SMILES string of the molecule is CNC(=O)COC(=O)/C=C/c1c(Cl)nc2ccccn12. The van der Waals surface area contributed by atoms with Crippen molar-refractivity contribution in [1.82, 2.24) is 14.7 Å². The van der Waals surface area contributed by atoms with Crippen LogP contribution < -0.4 is 5.32 Å². The number of halogens is 1. The van der Waals surface area contributed by atoms with Crippen molar-refractivity contribution < 1.29 is 14.3 Å². The van der Waals surface area contributed by atoms with E-state index in [1.165, 1.54) is 19.2 Å². The Bertz CT molecular complexity index is 679. The third-order valence-corrected chi connectivity index (χ3v) is 2.80. The molecule has 1 N–H and O–H groups in total. The molecular weight excluding hydrogens is 282 g/mol. The Kier molecular flexibility index (Phi) is 4.37. The first kappa shape index (κ1) is 14.1. The lowest BCUT2D eigenvalue weighted by Crippen LogP contribution is -2.24. The summed E-state index contributed by atoms with van der Waals surface area (Å²) in [6.45, 7) is -0.319. The molecule has 104 valence electrons. The van der Waals surface area contributed by atoms with E-state index in [0.717, 1.165) is 0 Å². The van der Waals surface area contributed by atoms with Crippen molar-refractivity contribution in [2.24, 2.45) is 0 Å². The molecule has 0 aromatic carbocycles. The maximum Gasteiger partial charge on any atom is 0.331 e. The number of amides is 1. The molecule has 7 heteroatoms. The number of imidazole rings is 1. The average molecular weight is 294 g/mol. The molecule has 0 fully saturated rings. The van der Waals surface area contributed by atoms with Crippen LogP contribution in [0, 0.1) is 0 Å². The van der Waals surface area contributed by atoms with E-state index in [4.69, 9.17) is 16.3 Å². The molecule has 0 radical (unpaired) electrons. The van der Waals surface area contributed by atoms with Gasteiger partial charge in [-0.05, 0) is 18.2 Å². The maximum absolute atomic E-state index is 11.4. The highest BCUT2D eigenvalue weighted by Crippen LogP contribution is 2.18. The van der Waals surface area contributed by atoms with Gasteiger partial charge < -0.3 is 10.1 Å². The van der Waals surface area contributed by atoms with Crippen molar-refractivity contribution in [2.75, 3.05) is 13.7 Å². The van der Waals surface area contributed by atoms with E-state index >= 15 is 0 Å². The fraction of sp³-hybridized carbons (Fsp3) is 0.154. The summed E-state index contributed by atoms with van der Waals surface area (Å²) in [4.78, 5) is 26.5. The molecule has 2 heterocycles. The van der Waals surface area contributed by atoms with Crippen LogP contribution in [-0.4, -0.2) is 34.9 Å². The lowest BCUT2D eigenvalue weighted by molar-refractivity contribution is -0.143. The van der Waals surface area contributed by atoms with Gasteiger partial charge in [-0.15, -0.1) is 0 Å². The molecule has 0 saturated carbocycles. The number of hydrogen-bond acceptors (Lipinski definition) is 4. The Balaban J connectivity index is 2.11. The van der Waals surface area contributed by atoms with E-state index in [1.54, 1.807) is 16.7 Å². The fourth-order valence-corrected chi connectivity index (χ4v) is 1.78. The summed E-state index contributed by atoms with van der Waals surface area (Å²) in [7, 11) is 1.46. The number of esters is 1. The van der Waals surface area contributed by atoms with Crippen molar-refractivity contribution >= 4 is 35.2 Å². The number of nitrogens with zero attached hydrogens (tertiary/aromatic N) is 2. The number of fused-ring (bicyclic) bond motifs is 1. The van der Waals surface area contributed by atoms with E-state index in [1.807, 2.05) is 12.1 Å². The molecule has 2 aromatic heterocycles. The van der Waals surface area contributed by atoms with Crippen LogP contribution in [0.5, 0.6) is 0 Å². The van der Waals surface area contributed by atoms with Gasteiger partial charge in [0, 0.05) is 19.3 Å². The van der Waals surface area contributed by atoms with Gasteiger partial charge in [0.2, 0.25) is 0 Å². The van der Waals surface area contributed by atoms with Crippen molar-refractivity contribution in [3.8, 4) is 0 Å². The van der Waals surface area contributed by atoms with Gasteiger partial charge in [0.25, 0.3) is 5.91 Å². The zero-order chi connectivity index (χ0) is 14.5. The molecule has 20 heavy (non-hydrogen) atoms. The number of rotatable bonds is 4. The summed E-state index contributed by atoms with van der Waals surface area (Å²) >= 11 is 6.00. The van der Waals surface area contributed by atoms with E-state index in [9.17, 15) is 9.59 Å². The molecule has 2 aromatic rings. The smallest absolute Gasteiger partial charge is 0.331 e. The lowest BCUT2D eigenvalue weighted by atomic mass is 10.4. The van der Waals surface area contributed by atoms with Gasteiger partial charge in [-0.2, -0.15) is 0 Å². The molecule has 0 atom stereocenters. The van der Waals surface area contributed by atoms with Crippen molar-refractivity contribution in [3.63, 3.8) is 0 Å². The number of hydrogen-bond donors (Lipinski definition) is 1. The minimum absolute atomic E-state index is 0.284. The Hall–Kier alpha value is -2.34. The van der Waals surface area contributed by atoms with Crippen LogP contribution >= 0.6 is 11.6 Å². The molecule has 0 spiro atoms. The third-order valence-electron chi connectivity index (χ3n) is 2.52. The second-order valence-electron chi connectivity index (χ2n) is 3.83. The zero-order valence-corrected chi connectivity index (χ0v) is 11.4. The Morgan fingerprint density at radius 2 is 2.30 bits per heavy atom. The minimum Gasteiger partial charge on any atom is -0.452 e. The molecule has 0 aliphatic heterocycles. The summed E-state index contributed by atoms with van der Waals surface area (Å²) in [5.74, 6) is -1.00. The largest absolute Gasteiger partial charge is 0.452 e. The van der Waals surface area contributed by atoms with Gasteiger partial charge in [-0.25, -0.2) is 9.78 Å². The highest BCUT2D eigenvalue weighted by Gasteiger charge is 2.08. The van der Waals surface area contributed by atoms with Crippen LogP contribution in [0.3, 0.4) is 0 Å². The van der Waals surface area contributed by atoms with E-state index in [2.05, 4.69) is 10.3 Å². The average Bonchev–Trinajstić information content (AvgIpc) is 2.78. The number of nitrogens with one attached hydrogen (secondary N) is 1. The maximum atomic E-state index is 11.4. The monoisotopic (exact) mass is 293 g/mol. The van der Waals surface area contributed by atoms with Crippen molar-refractivity contribution in [1.29, 1.82) is 0 Å². The summed E-state index contributed by atoms with van der Waals surface area (Å²) in [5, 5.41) is 2.63. The predicted molar refractivity (Wildman–Crippen MR) is 74.3 cm³/mol. The molecule has 0 aliphatic carbocycles. The van der Waals surface area contributed by atoms with Gasteiger partial charge in [-0.1, -0.05) is 17.7 Å². The Labute approximate surface area is 120 Å². The first-order chi connectivity index (χ1) is 9.61. The van der Waals surface area contributed by atoms with Crippen molar-refractivity contribution in [3.05, 3.63) is 41.3 Å². The third kappa shape index (κ3) is 3.16. The summed E-state index contributed by atoms with van der Waals surface area (Å²) in [6, 6.07) is 5.46. The minimum atomic E-state index is -0.629. The molecule has 0 unspecified atom stereocenters. The van der Waals surface area contributed by atoms with E-state index in [0.29, 0.717) is 11.3 Å². The van der Waals surface area contributed by atoms with Crippen LogP contribution in [-0.2, 0) is 14.3 Å². The zero-order valence-electron chi connectivity index (χ0n) is 10.7. The van der Waals surface area contributed by atoms with Crippen LogP contribution in [0.1, 0.15) is 5.69 Å². The summed E-state index contributed by atoms with van der Waals surface area (Å²) in [5.41, 5.74) is 1.25. The first-order valence-electron chi connectivity index (χ1n) is 5.80. The van der Waals surface area contributed by atoms with E-state index in [-0.39, 0.29) is 17.7 Å². The Morgan fingerprint density at radius 3 is 3.05 bits per heavy atom. The Morgan fingerprint density at radius 1 is 1.50 bits per heavy atom. The molecular formula is C13H12ClN3O3. The first-order valence-corrected chi connectivity index (χ1v) is 6.17. The number of likely N-dealkylation sites (N-methyl/N-ethyl adjacent to an activating group) is 1. The lowest BCUT2D eigenvalue weighted by Gasteiger charge is -2.00. The van der Waals surface area contributed by atoms with E-state index < -0.39 is 5.97 Å². The second-order valence-corrected chi connectivity index (χ2v) is 4.19. The molecule has 0 saturated heterocycles. The number of aromatic nitrogens is 2. The fourth-order valence-electron chi connectivity index (χ4n) is 1.54. The van der Waals surface area contributed by atoms with Crippen molar-refractivity contribution in [2.45, 2.75) is 0 Å². The van der Waals surface area contributed by atoms with Crippen LogP contribution in [0.25, 0.3) is 11.7 Å². The summed E-state index contributed by atoms with van der Waals surface area (Å²) in [6.07, 6.45) is 4.48. The van der Waals surface area contributed by atoms with Crippen LogP contribution in [0.4, 0.5) is 0 Å². The summed E-state index contributed by atoms with van der Waals surface area (Å²) < 4.78 is 6.48. The number of pyridine rings is 1. The predicted octanol–water partition coefficient (Wildman–Crippen LogP) is 1.29.